The van der Waals surface area contributed by atoms with Crippen molar-refractivity contribution in [3.05, 3.63) is 35.9 Å². The first kappa shape index (κ1) is 17.4. The molecule has 1 amide bonds. The van der Waals surface area contributed by atoms with E-state index in [2.05, 4.69) is 18.7 Å². The van der Waals surface area contributed by atoms with Crippen LogP contribution >= 0.6 is 0 Å². The van der Waals surface area contributed by atoms with E-state index in [1.165, 1.54) is 0 Å². The summed E-state index contributed by atoms with van der Waals surface area (Å²) in [6.07, 6.45) is 0.342. The molecule has 0 saturated carbocycles. The highest BCUT2D eigenvalue weighted by Gasteiger charge is 2.47. The second kappa shape index (κ2) is 6.84. The lowest BCUT2D eigenvalue weighted by molar-refractivity contribution is -0.136. The number of fused-ring (bicyclic) bond motifs is 1. The van der Waals surface area contributed by atoms with Gasteiger partial charge in [0.1, 0.15) is 0 Å². The van der Waals surface area contributed by atoms with Crippen molar-refractivity contribution in [3.8, 4) is 0 Å². The summed E-state index contributed by atoms with van der Waals surface area (Å²) >= 11 is 0. The molecule has 5 nitrogen and oxygen atoms in total. The number of hydrogen-bond donors (Lipinski definition) is 0. The van der Waals surface area contributed by atoms with Crippen molar-refractivity contribution < 1.29 is 13.2 Å². The molecule has 2 aliphatic rings. The monoisotopic (exact) mass is 350 g/mol. The normalized spacial score (nSPS) is 26.5. The Morgan fingerprint density at radius 2 is 1.79 bits per heavy atom. The van der Waals surface area contributed by atoms with Crippen LogP contribution in [0.25, 0.3) is 0 Å². The number of benzene rings is 1. The molecule has 24 heavy (non-hydrogen) atoms. The molecule has 0 aromatic heterocycles. The van der Waals surface area contributed by atoms with Crippen molar-refractivity contribution in [3.63, 3.8) is 0 Å². The summed E-state index contributed by atoms with van der Waals surface area (Å²) in [5, 5.41) is 0. The molecule has 2 heterocycles. The lowest BCUT2D eigenvalue weighted by Crippen LogP contribution is -2.61. The molecular weight excluding hydrogens is 324 g/mol. The smallest absolute Gasteiger partial charge is 0.227 e. The van der Waals surface area contributed by atoms with Gasteiger partial charge in [-0.05, 0) is 11.5 Å². The first-order valence-corrected chi connectivity index (χ1v) is 10.5. The van der Waals surface area contributed by atoms with Gasteiger partial charge >= 0.3 is 0 Å². The Hall–Kier alpha value is -1.40. The van der Waals surface area contributed by atoms with Crippen LogP contribution in [0.1, 0.15) is 19.4 Å². The fourth-order valence-corrected chi connectivity index (χ4v) is 5.91. The molecule has 1 aromatic rings. The molecule has 2 saturated heterocycles. The van der Waals surface area contributed by atoms with E-state index in [1.807, 2.05) is 35.2 Å². The van der Waals surface area contributed by atoms with E-state index in [1.54, 1.807) is 0 Å². The number of sulfone groups is 1. The third kappa shape index (κ3) is 3.81. The lowest BCUT2D eigenvalue weighted by atomic mass is 10.0. The van der Waals surface area contributed by atoms with E-state index < -0.39 is 9.84 Å². The summed E-state index contributed by atoms with van der Waals surface area (Å²) in [6, 6.07) is 9.41. The number of piperazine rings is 1. The summed E-state index contributed by atoms with van der Waals surface area (Å²) in [7, 11) is -3.07. The predicted molar refractivity (Wildman–Crippen MR) is 94.5 cm³/mol. The van der Waals surface area contributed by atoms with Crippen LogP contribution in [-0.4, -0.2) is 67.3 Å². The highest BCUT2D eigenvalue weighted by Crippen LogP contribution is 2.28. The molecule has 0 unspecified atom stereocenters. The Kier molecular flexibility index (Phi) is 4.97. The van der Waals surface area contributed by atoms with Crippen LogP contribution < -0.4 is 0 Å². The van der Waals surface area contributed by atoms with Gasteiger partial charge in [-0.3, -0.25) is 9.69 Å². The molecular formula is C18H26N2O3S. The average molecular weight is 350 g/mol. The number of carbonyl (C=O) groups excluding carboxylic acids is 1. The Balaban J connectivity index is 1.76. The van der Waals surface area contributed by atoms with Crippen molar-refractivity contribution in [1.29, 1.82) is 0 Å². The molecule has 0 radical (unpaired) electrons. The fraction of sp³-hybridized carbons (Fsp3) is 0.611. The van der Waals surface area contributed by atoms with Gasteiger partial charge in [-0.25, -0.2) is 8.42 Å². The molecule has 132 valence electrons. The minimum atomic E-state index is -3.07. The van der Waals surface area contributed by atoms with Crippen LogP contribution in [0.4, 0.5) is 0 Å². The summed E-state index contributed by atoms with van der Waals surface area (Å²) in [4.78, 5) is 16.9. The van der Waals surface area contributed by atoms with Gasteiger partial charge in [-0.15, -0.1) is 0 Å². The summed E-state index contributed by atoms with van der Waals surface area (Å²) in [5.41, 5.74) is 0.976. The predicted octanol–water partition coefficient (Wildman–Crippen LogP) is 1.19. The fourth-order valence-electron chi connectivity index (χ4n) is 3.90. The van der Waals surface area contributed by atoms with Crippen molar-refractivity contribution in [2.24, 2.45) is 5.92 Å². The van der Waals surface area contributed by atoms with E-state index in [4.69, 9.17) is 0 Å². The standard InChI is InChI=1S/C18H26N2O3S/c1-14(2)11-19-8-9-20(17-13-24(22,23)12-16(17)19)18(21)10-15-6-4-3-5-7-15/h3-7,14,16-17H,8-13H2,1-2H3/t16-,17+/m0/s1. The van der Waals surface area contributed by atoms with Gasteiger partial charge in [0.25, 0.3) is 0 Å². The third-order valence-corrected chi connectivity index (χ3v) is 6.61. The number of hydrogen-bond acceptors (Lipinski definition) is 4. The van der Waals surface area contributed by atoms with Crippen molar-refractivity contribution >= 4 is 15.7 Å². The first-order valence-electron chi connectivity index (χ1n) is 8.63. The molecule has 0 bridgehead atoms. The third-order valence-electron chi connectivity index (χ3n) is 4.91. The molecule has 0 aliphatic carbocycles. The van der Waals surface area contributed by atoms with Crippen LogP contribution in [0.2, 0.25) is 0 Å². The summed E-state index contributed by atoms with van der Waals surface area (Å²) in [6.45, 7) is 6.55. The van der Waals surface area contributed by atoms with Gasteiger partial charge in [0.2, 0.25) is 5.91 Å². The lowest BCUT2D eigenvalue weighted by Gasteiger charge is -2.44. The molecule has 3 rings (SSSR count). The highest BCUT2D eigenvalue weighted by atomic mass is 32.2. The van der Waals surface area contributed by atoms with Gasteiger partial charge in [0, 0.05) is 25.7 Å². The minimum absolute atomic E-state index is 0.0393. The van der Waals surface area contributed by atoms with Crippen LogP contribution in [0.5, 0.6) is 0 Å². The molecule has 2 atom stereocenters. The number of carbonyl (C=O) groups is 1. The van der Waals surface area contributed by atoms with Crippen LogP contribution in [-0.2, 0) is 21.1 Å². The Labute approximate surface area is 144 Å². The van der Waals surface area contributed by atoms with E-state index >= 15 is 0 Å². The highest BCUT2D eigenvalue weighted by molar-refractivity contribution is 7.91. The van der Waals surface area contributed by atoms with Crippen molar-refractivity contribution in [1.82, 2.24) is 9.80 Å². The second-order valence-corrected chi connectivity index (χ2v) is 9.50. The zero-order valence-corrected chi connectivity index (χ0v) is 15.2. The van der Waals surface area contributed by atoms with Crippen molar-refractivity contribution in [2.45, 2.75) is 32.4 Å². The SMILES string of the molecule is CC(C)CN1CCN(C(=O)Cc2ccccc2)[C@@H]2CS(=O)(=O)C[C@@H]21. The Bertz CT molecular complexity index is 687. The van der Waals surface area contributed by atoms with Gasteiger partial charge in [-0.2, -0.15) is 0 Å². The second-order valence-electron chi connectivity index (χ2n) is 7.35. The average Bonchev–Trinajstić information content (AvgIpc) is 2.83. The van der Waals surface area contributed by atoms with E-state index in [0.29, 0.717) is 18.9 Å². The zero-order chi connectivity index (χ0) is 17.3. The van der Waals surface area contributed by atoms with Gasteiger partial charge < -0.3 is 4.90 Å². The molecule has 6 heteroatoms. The van der Waals surface area contributed by atoms with Gasteiger partial charge in [0.05, 0.1) is 24.0 Å². The maximum atomic E-state index is 12.8. The van der Waals surface area contributed by atoms with Gasteiger partial charge in [-0.1, -0.05) is 44.2 Å². The molecule has 2 aliphatic heterocycles. The quantitative estimate of drug-likeness (QED) is 0.819. The summed E-state index contributed by atoms with van der Waals surface area (Å²) in [5.74, 6) is 0.810. The maximum absolute atomic E-state index is 12.8. The van der Waals surface area contributed by atoms with E-state index in [9.17, 15) is 13.2 Å². The van der Waals surface area contributed by atoms with Crippen LogP contribution in [0, 0.1) is 5.92 Å². The van der Waals surface area contributed by atoms with Crippen LogP contribution in [0.3, 0.4) is 0 Å². The van der Waals surface area contributed by atoms with E-state index in [0.717, 1.165) is 18.7 Å². The first-order chi connectivity index (χ1) is 11.4. The Morgan fingerprint density at radius 1 is 1.12 bits per heavy atom. The minimum Gasteiger partial charge on any atom is -0.336 e. The summed E-state index contributed by atoms with van der Waals surface area (Å²) < 4.78 is 24.4. The van der Waals surface area contributed by atoms with Crippen molar-refractivity contribution in [2.75, 3.05) is 31.1 Å². The molecule has 0 spiro atoms. The molecule has 1 aromatic carbocycles. The van der Waals surface area contributed by atoms with Gasteiger partial charge in [0.15, 0.2) is 9.84 Å². The molecule has 2 fully saturated rings. The largest absolute Gasteiger partial charge is 0.336 e. The Morgan fingerprint density at radius 3 is 2.46 bits per heavy atom. The number of amides is 1. The van der Waals surface area contributed by atoms with Crippen LogP contribution in [0.15, 0.2) is 30.3 Å². The molecule has 0 N–H and O–H groups in total. The number of rotatable bonds is 4. The maximum Gasteiger partial charge on any atom is 0.227 e. The zero-order valence-electron chi connectivity index (χ0n) is 14.4. The topological polar surface area (TPSA) is 57.7 Å². The number of nitrogens with zero attached hydrogens (tertiary/aromatic N) is 2. The van der Waals surface area contributed by atoms with E-state index in [-0.39, 0.29) is 29.5 Å².